The number of nitrogens with one attached hydrogen (secondary N) is 1. The lowest BCUT2D eigenvalue weighted by Gasteiger charge is -2.10. The van der Waals surface area contributed by atoms with Crippen molar-refractivity contribution in [1.82, 2.24) is 19.9 Å². The number of hydrogen-bond acceptors (Lipinski definition) is 3. The summed E-state index contributed by atoms with van der Waals surface area (Å²) >= 11 is 0. The number of pyridine rings is 1. The Balaban J connectivity index is 1.42. The van der Waals surface area contributed by atoms with Crippen molar-refractivity contribution < 1.29 is 4.79 Å². The zero-order valence-corrected chi connectivity index (χ0v) is 16.5. The van der Waals surface area contributed by atoms with Crippen LogP contribution in [0.15, 0.2) is 48.5 Å². The molecule has 4 rings (SSSR count). The molecule has 0 unspecified atom stereocenters. The fourth-order valence-electron chi connectivity index (χ4n) is 3.63. The quantitative estimate of drug-likeness (QED) is 0.531. The van der Waals surface area contributed by atoms with Crippen LogP contribution in [0, 0.1) is 20.8 Å². The van der Waals surface area contributed by atoms with Crippen LogP contribution in [0.2, 0.25) is 0 Å². The summed E-state index contributed by atoms with van der Waals surface area (Å²) in [6.45, 7) is 7.37. The molecule has 2 aromatic heterocycles. The molecule has 28 heavy (non-hydrogen) atoms. The molecular formula is C23H24N4O. The van der Waals surface area contributed by atoms with E-state index in [1.807, 2.05) is 57.2 Å². The number of benzene rings is 2. The molecule has 0 saturated carbocycles. The first-order valence-electron chi connectivity index (χ1n) is 9.61. The van der Waals surface area contributed by atoms with Crippen LogP contribution in [0.25, 0.3) is 21.9 Å². The van der Waals surface area contributed by atoms with Crippen LogP contribution in [0.5, 0.6) is 0 Å². The first kappa shape index (κ1) is 18.2. The number of carbonyl (C=O) groups excluding carboxylic acids is 1. The molecular weight excluding hydrogens is 348 g/mol. The van der Waals surface area contributed by atoms with E-state index in [-0.39, 0.29) is 5.91 Å². The van der Waals surface area contributed by atoms with Crippen molar-refractivity contribution in [2.24, 2.45) is 0 Å². The van der Waals surface area contributed by atoms with Crippen LogP contribution in [0.3, 0.4) is 0 Å². The SMILES string of the molecule is Cc1ccc2nc(C)c(C(=O)NCCCn3c(C)nc4ccccc43)cc2c1. The zero-order valence-electron chi connectivity index (χ0n) is 16.5. The number of aryl methyl sites for hydroxylation is 4. The van der Waals surface area contributed by atoms with Crippen molar-refractivity contribution in [3.05, 3.63) is 71.2 Å². The summed E-state index contributed by atoms with van der Waals surface area (Å²) in [4.78, 5) is 21.8. The molecule has 5 heteroatoms. The highest BCUT2D eigenvalue weighted by molar-refractivity contribution is 5.98. The molecule has 4 aromatic rings. The number of para-hydroxylation sites is 2. The standard InChI is InChI=1S/C23H24N4O/c1-15-9-10-20-18(13-15)14-19(16(2)25-20)23(28)24-11-6-12-27-17(3)26-21-7-4-5-8-22(21)27/h4-5,7-10,13-14H,6,11-12H2,1-3H3,(H,24,28). The van der Waals surface area contributed by atoms with Crippen molar-refractivity contribution in [2.45, 2.75) is 33.7 Å². The molecule has 0 fully saturated rings. The van der Waals surface area contributed by atoms with Gasteiger partial charge in [0.1, 0.15) is 5.82 Å². The Bertz CT molecular complexity index is 1180. The van der Waals surface area contributed by atoms with Gasteiger partial charge in [-0.15, -0.1) is 0 Å². The van der Waals surface area contributed by atoms with E-state index < -0.39 is 0 Å². The Hall–Kier alpha value is -3.21. The number of carbonyl (C=O) groups is 1. The van der Waals surface area contributed by atoms with Gasteiger partial charge in [0.05, 0.1) is 27.8 Å². The second-order valence-corrected chi connectivity index (χ2v) is 7.23. The van der Waals surface area contributed by atoms with Crippen LogP contribution in [0.1, 0.15) is 33.9 Å². The van der Waals surface area contributed by atoms with Gasteiger partial charge in [-0.25, -0.2) is 4.98 Å². The van der Waals surface area contributed by atoms with Crippen molar-refractivity contribution in [2.75, 3.05) is 6.54 Å². The second-order valence-electron chi connectivity index (χ2n) is 7.23. The third kappa shape index (κ3) is 3.48. The molecule has 0 aliphatic heterocycles. The lowest BCUT2D eigenvalue weighted by Crippen LogP contribution is -2.26. The van der Waals surface area contributed by atoms with Crippen molar-refractivity contribution in [3.63, 3.8) is 0 Å². The topological polar surface area (TPSA) is 59.8 Å². The fraction of sp³-hybridized carbons (Fsp3) is 0.261. The molecule has 0 aliphatic carbocycles. The summed E-state index contributed by atoms with van der Waals surface area (Å²) in [5.41, 5.74) is 5.62. The minimum Gasteiger partial charge on any atom is -0.352 e. The Morgan fingerprint density at radius 2 is 1.82 bits per heavy atom. The van der Waals surface area contributed by atoms with Gasteiger partial charge < -0.3 is 9.88 Å². The van der Waals surface area contributed by atoms with E-state index in [0.29, 0.717) is 12.1 Å². The fourth-order valence-corrected chi connectivity index (χ4v) is 3.63. The van der Waals surface area contributed by atoms with Gasteiger partial charge in [-0.3, -0.25) is 9.78 Å². The first-order chi connectivity index (χ1) is 13.5. The van der Waals surface area contributed by atoms with E-state index in [9.17, 15) is 4.79 Å². The third-order valence-electron chi connectivity index (χ3n) is 5.09. The van der Waals surface area contributed by atoms with Crippen LogP contribution in [0.4, 0.5) is 0 Å². The van der Waals surface area contributed by atoms with E-state index in [1.165, 1.54) is 0 Å². The Labute approximate surface area is 164 Å². The summed E-state index contributed by atoms with van der Waals surface area (Å²) in [7, 11) is 0. The molecule has 2 heterocycles. The highest BCUT2D eigenvalue weighted by atomic mass is 16.1. The average molecular weight is 372 g/mol. The summed E-state index contributed by atoms with van der Waals surface area (Å²) in [5.74, 6) is 0.929. The van der Waals surface area contributed by atoms with Crippen molar-refractivity contribution in [1.29, 1.82) is 0 Å². The van der Waals surface area contributed by atoms with E-state index in [0.717, 1.165) is 52.0 Å². The smallest absolute Gasteiger partial charge is 0.253 e. The predicted molar refractivity (Wildman–Crippen MR) is 113 cm³/mol. The molecule has 0 aliphatic rings. The van der Waals surface area contributed by atoms with Gasteiger partial charge in [0.15, 0.2) is 0 Å². The molecule has 0 radical (unpaired) electrons. The Morgan fingerprint density at radius 1 is 1.00 bits per heavy atom. The molecule has 0 saturated heterocycles. The molecule has 5 nitrogen and oxygen atoms in total. The molecule has 0 atom stereocenters. The van der Waals surface area contributed by atoms with Gasteiger partial charge in [0.25, 0.3) is 5.91 Å². The zero-order chi connectivity index (χ0) is 19.7. The van der Waals surface area contributed by atoms with Gasteiger partial charge in [-0.2, -0.15) is 0 Å². The van der Waals surface area contributed by atoms with Gasteiger partial charge in [0.2, 0.25) is 0 Å². The Kier molecular flexibility index (Phi) is 4.82. The van der Waals surface area contributed by atoms with Crippen LogP contribution in [-0.4, -0.2) is 27.0 Å². The summed E-state index contributed by atoms with van der Waals surface area (Å²) < 4.78 is 2.20. The van der Waals surface area contributed by atoms with Crippen LogP contribution >= 0.6 is 0 Å². The van der Waals surface area contributed by atoms with E-state index in [2.05, 4.69) is 32.0 Å². The summed E-state index contributed by atoms with van der Waals surface area (Å²) in [6.07, 6.45) is 0.839. The molecule has 142 valence electrons. The molecule has 1 amide bonds. The van der Waals surface area contributed by atoms with E-state index in [4.69, 9.17) is 0 Å². The van der Waals surface area contributed by atoms with Crippen molar-refractivity contribution in [3.8, 4) is 0 Å². The number of aromatic nitrogens is 3. The maximum Gasteiger partial charge on any atom is 0.253 e. The van der Waals surface area contributed by atoms with Crippen LogP contribution in [-0.2, 0) is 6.54 Å². The largest absolute Gasteiger partial charge is 0.352 e. The number of imidazole rings is 1. The van der Waals surface area contributed by atoms with Gasteiger partial charge >= 0.3 is 0 Å². The van der Waals surface area contributed by atoms with E-state index >= 15 is 0 Å². The average Bonchev–Trinajstić information content (AvgIpc) is 3.00. The highest BCUT2D eigenvalue weighted by Gasteiger charge is 2.12. The summed E-state index contributed by atoms with van der Waals surface area (Å²) in [5, 5.41) is 4.03. The van der Waals surface area contributed by atoms with Crippen LogP contribution < -0.4 is 5.32 Å². The lowest BCUT2D eigenvalue weighted by atomic mass is 10.1. The van der Waals surface area contributed by atoms with Gasteiger partial charge in [-0.1, -0.05) is 23.8 Å². The highest BCUT2D eigenvalue weighted by Crippen LogP contribution is 2.18. The van der Waals surface area contributed by atoms with E-state index in [1.54, 1.807) is 0 Å². The first-order valence-corrected chi connectivity index (χ1v) is 9.61. The number of nitrogens with zero attached hydrogens (tertiary/aromatic N) is 3. The molecule has 0 spiro atoms. The number of hydrogen-bond donors (Lipinski definition) is 1. The normalized spacial score (nSPS) is 11.2. The van der Waals surface area contributed by atoms with Gasteiger partial charge in [-0.05, 0) is 57.5 Å². The Morgan fingerprint density at radius 3 is 2.68 bits per heavy atom. The number of fused-ring (bicyclic) bond motifs is 2. The second kappa shape index (κ2) is 7.43. The molecule has 2 aromatic carbocycles. The number of rotatable bonds is 5. The van der Waals surface area contributed by atoms with Gasteiger partial charge in [0, 0.05) is 18.5 Å². The summed E-state index contributed by atoms with van der Waals surface area (Å²) in [6, 6.07) is 16.2. The minimum atomic E-state index is -0.0689. The monoisotopic (exact) mass is 372 g/mol. The third-order valence-corrected chi connectivity index (χ3v) is 5.09. The minimum absolute atomic E-state index is 0.0689. The lowest BCUT2D eigenvalue weighted by molar-refractivity contribution is 0.0952. The van der Waals surface area contributed by atoms with Crippen molar-refractivity contribution >= 4 is 27.8 Å². The number of amides is 1. The molecule has 0 bridgehead atoms. The maximum absolute atomic E-state index is 12.7. The predicted octanol–water partition coefficient (Wildman–Crippen LogP) is 4.33. The maximum atomic E-state index is 12.7. The molecule has 1 N–H and O–H groups in total.